The summed E-state index contributed by atoms with van der Waals surface area (Å²) >= 11 is 0. The quantitative estimate of drug-likeness (QED) is 0.239. The molecule has 5 rings (SSSR count). The van der Waals surface area contributed by atoms with Crippen LogP contribution in [-0.4, -0.2) is 61.1 Å². The average Bonchev–Trinajstić information content (AvgIpc) is 3.08. The SMILES string of the molecule is CCC1CC(C(=O)OC)C[C@@H](O)C1O[C@@H]1OC(C)[C@@H](OCc2ccccc2)C(OCc2ccccc2)C1OCc1ccccc1. The van der Waals surface area contributed by atoms with Gasteiger partial charge in [-0.3, -0.25) is 4.79 Å². The smallest absolute Gasteiger partial charge is 0.308 e. The summed E-state index contributed by atoms with van der Waals surface area (Å²) in [4.78, 5) is 12.4. The summed E-state index contributed by atoms with van der Waals surface area (Å²) in [5, 5.41) is 11.3. The summed E-state index contributed by atoms with van der Waals surface area (Å²) in [5.74, 6) is -0.739. The third-order valence-corrected chi connectivity index (χ3v) is 8.89. The molecule has 9 atom stereocenters. The first kappa shape index (κ1) is 33.3. The van der Waals surface area contributed by atoms with Crippen LogP contribution >= 0.6 is 0 Å². The maximum atomic E-state index is 12.4. The molecule has 8 nitrogen and oxygen atoms in total. The number of rotatable bonds is 13. The molecule has 1 aliphatic carbocycles. The molecule has 1 aliphatic heterocycles. The van der Waals surface area contributed by atoms with E-state index in [1.54, 1.807) is 0 Å². The highest BCUT2D eigenvalue weighted by atomic mass is 16.7. The predicted octanol–water partition coefficient (Wildman–Crippen LogP) is 5.84. The second kappa shape index (κ2) is 16.5. The highest BCUT2D eigenvalue weighted by molar-refractivity contribution is 5.72. The Bertz CT molecular complexity index is 1290. The van der Waals surface area contributed by atoms with Crippen molar-refractivity contribution in [3.8, 4) is 0 Å². The molecule has 2 fully saturated rings. The molecule has 242 valence electrons. The number of ether oxygens (including phenoxy) is 6. The molecule has 8 heteroatoms. The number of aliphatic hydroxyl groups is 1. The normalized spacial score (nSPS) is 30.1. The van der Waals surface area contributed by atoms with Gasteiger partial charge in [-0.1, -0.05) is 104 Å². The molecule has 3 aromatic rings. The highest BCUT2D eigenvalue weighted by Gasteiger charge is 2.50. The van der Waals surface area contributed by atoms with E-state index in [1.807, 2.05) is 105 Å². The minimum atomic E-state index is -0.864. The first-order valence-electron chi connectivity index (χ1n) is 16.0. The fourth-order valence-electron chi connectivity index (χ4n) is 6.43. The van der Waals surface area contributed by atoms with Crippen LogP contribution in [0.5, 0.6) is 0 Å². The number of esters is 1. The zero-order chi connectivity index (χ0) is 31.6. The van der Waals surface area contributed by atoms with Crippen molar-refractivity contribution in [1.29, 1.82) is 0 Å². The molecule has 0 bridgehead atoms. The van der Waals surface area contributed by atoms with Gasteiger partial charge in [-0.25, -0.2) is 0 Å². The maximum Gasteiger partial charge on any atom is 0.308 e. The minimum Gasteiger partial charge on any atom is -0.469 e. The molecule has 1 N–H and O–H groups in total. The van der Waals surface area contributed by atoms with Crippen LogP contribution in [0, 0.1) is 11.8 Å². The first-order chi connectivity index (χ1) is 22.0. The number of hydrogen-bond acceptors (Lipinski definition) is 8. The van der Waals surface area contributed by atoms with Crippen LogP contribution in [-0.2, 0) is 53.0 Å². The largest absolute Gasteiger partial charge is 0.469 e. The van der Waals surface area contributed by atoms with Gasteiger partial charge in [-0.05, 0) is 42.4 Å². The monoisotopic (exact) mass is 618 g/mol. The third-order valence-electron chi connectivity index (χ3n) is 8.89. The molecular formula is C37H46O8. The van der Waals surface area contributed by atoms with Crippen molar-refractivity contribution in [3.05, 3.63) is 108 Å². The van der Waals surface area contributed by atoms with E-state index >= 15 is 0 Å². The van der Waals surface area contributed by atoms with Crippen LogP contribution in [0.15, 0.2) is 91.0 Å². The van der Waals surface area contributed by atoms with E-state index in [1.165, 1.54) is 7.11 Å². The van der Waals surface area contributed by atoms with Gasteiger partial charge in [0, 0.05) is 0 Å². The lowest BCUT2D eigenvalue weighted by molar-refractivity contribution is -0.339. The van der Waals surface area contributed by atoms with Crippen molar-refractivity contribution < 1.29 is 38.3 Å². The first-order valence-corrected chi connectivity index (χ1v) is 16.0. The Morgan fingerprint density at radius 1 is 0.733 bits per heavy atom. The van der Waals surface area contributed by atoms with Gasteiger partial charge in [0.2, 0.25) is 0 Å². The molecule has 3 aromatic carbocycles. The van der Waals surface area contributed by atoms with Crippen molar-refractivity contribution in [1.82, 2.24) is 0 Å². The summed E-state index contributed by atoms with van der Waals surface area (Å²) in [6.07, 6.45) is -2.78. The van der Waals surface area contributed by atoms with Crippen LogP contribution in [0.4, 0.5) is 0 Å². The number of hydrogen-bond donors (Lipinski definition) is 1. The van der Waals surface area contributed by atoms with Crippen LogP contribution in [0.2, 0.25) is 0 Å². The lowest BCUT2D eigenvalue weighted by Gasteiger charge is -2.47. The topological polar surface area (TPSA) is 92.7 Å². The Balaban J connectivity index is 1.42. The zero-order valence-electron chi connectivity index (χ0n) is 26.4. The van der Waals surface area contributed by atoms with Crippen molar-refractivity contribution in [3.63, 3.8) is 0 Å². The van der Waals surface area contributed by atoms with Crippen molar-refractivity contribution in [2.45, 2.75) is 95.8 Å². The molecule has 0 radical (unpaired) electrons. The molecule has 2 aliphatic rings. The van der Waals surface area contributed by atoms with E-state index in [2.05, 4.69) is 0 Å². The van der Waals surface area contributed by atoms with Crippen molar-refractivity contribution >= 4 is 5.97 Å². The molecule has 1 heterocycles. The number of methoxy groups -OCH3 is 1. The fourth-order valence-corrected chi connectivity index (χ4v) is 6.43. The Kier molecular flexibility index (Phi) is 12.2. The van der Waals surface area contributed by atoms with E-state index in [0.717, 1.165) is 23.1 Å². The van der Waals surface area contributed by atoms with Gasteiger partial charge in [0.05, 0.1) is 51.2 Å². The van der Waals surface area contributed by atoms with Gasteiger partial charge < -0.3 is 33.5 Å². The molecule has 0 amide bonds. The summed E-state index contributed by atoms with van der Waals surface area (Å²) < 4.78 is 38.1. The van der Waals surface area contributed by atoms with Gasteiger partial charge in [-0.15, -0.1) is 0 Å². The number of carbonyl (C=O) groups excluding carboxylic acids is 1. The lowest BCUT2D eigenvalue weighted by atomic mass is 9.76. The molecular weight excluding hydrogens is 572 g/mol. The van der Waals surface area contributed by atoms with E-state index in [0.29, 0.717) is 26.2 Å². The van der Waals surface area contributed by atoms with Gasteiger partial charge in [0.15, 0.2) is 6.29 Å². The summed E-state index contributed by atoms with van der Waals surface area (Å²) in [6.45, 7) is 5.05. The molecule has 45 heavy (non-hydrogen) atoms. The van der Waals surface area contributed by atoms with Crippen LogP contribution in [0.3, 0.4) is 0 Å². The van der Waals surface area contributed by atoms with E-state index in [9.17, 15) is 9.90 Å². The zero-order valence-corrected chi connectivity index (χ0v) is 26.4. The predicted molar refractivity (Wildman–Crippen MR) is 169 cm³/mol. The van der Waals surface area contributed by atoms with Gasteiger partial charge in [-0.2, -0.15) is 0 Å². The van der Waals surface area contributed by atoms with E-state index in [4.69, 9.17) is 28.4 Å². The molecule has 0 spiro atoms. The molecule has 1 saturated heterocycles. The van der Waals surface area contributed by atoms with Gasteiger partial charge in [0.25, 0.3) is 0 Å². The number of benzene rings is 3. The van der Waals surface area contributed by atoms with Crippen molar-refractivity contribution in [2.24, 2.45) is 11.8 Å². The number of aliphatic hydroxyl groups excluding tert-OH is 1. The van der Waals surface area contributed by atoms with Crippen LogP contribution < -0.4 is 0 Å². The van der Waals surface area contributed by atoms with Crippen molar-refractivity contribution in [2.75, 3.05) is 7.11 Å². The summed E-state index contributed by atoms with van der Waals surface area (Å²) in [7, 11) is 1.38. The fraction of sp³-hybridized carbons (Fsp3) is 0.486. The Labute approximate surface area is 266 Å². The van der Waals surface area contributed by atoms with Crippen LogP contribution in [0.25, 0.3) is 0 Å². The van der Waals surface area contributed by atoms with E-state index < -0.39 is 42.9 Å². The third kappa shape index (κ3) is 8.79. The van der Waals surface area contributed by atoms with E-state index in [-0.39, 0.29) is 24.2 Å². The second-order valence-electron chi connectivity index (χ2n) is 12.0. The minimum absolute atomic E-state index is 0.0673. The Morgan fingerprint density at radius 2 is 1.22 bits per heavy atom. The highest BCUT2D eigenvalue weighted by Crippen LogP contribution is 2.38. The molecule has 1 saturated carbocycles. The van der Waals surface area contributed by atoms with Gasteiger partial charge in [0.1, 0.15) is 18.3 Å². The average molecular weight is 619 g/mol. The van der Waals surface area contributed by atoms with Crippen LogP contribution in [0.1, 0.15) is 49.8 Å². The van der Waals surface area contributed by atoms with Gasteiger partial charge >= 0.3 is 5.97 Å². The Morgan fingerprint density at radius 3 is 1.71 bits per heavy atom. The summed E-state index contributed by atoms with van der Waals surface area (Å²) in [5.41, 5.74) is 3.08. The summed E-state index contributed by atoms with van der Waals surface area (Å²) in [6, 6.07) is 30.0. The molecule has 6 unspecified atom stereocenters. The number of carbonyl (C=O) groups is 1. The standard InChI is InChI=1S/C37H46O8/c1-4-29-20-30(36(39)40-3)21-31(38)33(29)45-37-35(43-24-28-18-12-7-13-19-28)34(42-23-27-16-10-6-11-17-27)32(25(2)44-37)41-22-26-14-8-5-9-15-26/h5-19,25,29-35,37-38H,4,20-24H2,1-3H3/t25?,29?,30?,31-,32-,33?,34?,35?,37+/m1/s1. The second-order valence-corrected chi connectivity index (χ2v) is 12.0. The Hall–Kier alpha value is -3.11. The maximum absolute atomic E-state index is 12.4. The molecule has 0 aromatic heterocycles. The lowest BCUT2D eigenvalue weighted by Crippen LogP contribution is -2.61.